The van der Waals surface area contributed by atoms with Crippen molar-refractivity contribution in [2.24, 2.45) is 17.8 Å². The molecule has 1 heterocycles. The number of anilines is 1. The lowest BCUT2D eigenvalue weighted by molar-refractivity contribution is -0.00490. The van der Waals surface area contributed by atoms with Crippen molar-refractivity contribution in [3.8, 4) is 6.07 Å². The van der Waals surface area contributed by atoms with Crippen molar-refractivity contribution >= 4 is 17.0 Å². The maximum Gasteiger partial charge on any atom is 0.128 e. The highest BCUT2D eigenvalue weighted by Crippen LogP contribution is 2.62. The predicted molar refractivity (Wildman–Crippen MR) is 78.0 cm³/mol. The van der Waals surface area contributed by atoms with Crippen molar-refractivity contribution in [3.63, 3.8) is 0 Å². The van der Waals surface area contributed by atoms with Crippen molar-refractivity contribution < 1.29 is 0 Å². The lowest BCUT2D eigenvalue weighted by Crippen LogP contribution is -2.48. The molecule has 5 rings (SSSR count). The van der Waals surface area contributed by atoms with E-state index in [9.17, 15) is 5.26 Å². The Morgan fingerprint density at radius 1 is 1.16 bits per heavy atom. The van der Waals surface area contributed by atoms with Crippen LogP contribution in [0.2, 0.25) is 0 Å². The molecule has 4 bridgehead atoms. The quantitative estimate of drug-likeness (QED) is 0.840. The summed E-state index contributed by atoms with van der Waals surface area (Å²) >= 11 is 1.60. The zero-order valence-corrected chi connectivity index (χ0v) is 12.2. The van der Waals surface area contributed by atoms with Crippen molar-refractivity contribution in [3.05, 3.63) is 15.3 Å². The highest BCUT2D eigenvalue weighted by Gasteiger charge is 2.53. The number of nitrogens with two attached hydrogens (primary N) is 1. The molecular weight excluding hydrogens is 252 g/mol. The van der Waals surface area contributed by atoms with Gasteiger partial charge < -0.3 is 5.73 Å². The third kappa shape index (κ3) is 1.53. The normalized spacial score (nSPS) is 39.5. The van der Waals surface area contributed by atoms with Gasteiger partial charge in [0.1, 0.15) is 10.9 Å². The van der Waals surface area contributed by atoms with E-state index in [1.165, 1.54) is 49.0 Å². The van der Waals surface area contributed by atoms with Crippen LogP contribution in [0.25, 0.3) is 0 Å². The van der Waals surface area contributed by atoms with E-state index < -0.39 is 0 Å². The molecule has 1 aromatic heterocycles. The van der Waals surface area contributed by atoms with Gasteiger partial charge in [-0.05, 0) is 74.2 Å². The Hall–Kier alpha value is -1.01. The number of nitriles is 1. The second-order valence-corrected chi connectivity index (χ2v) is 8.31. The third-order valence-electron chi connectivity index (χ3n) is 5.79. The summed E-state index contributed by atoms with van der Waals surface area (Å²) in [5, 5.41) is 9.22. The van der Waals surface area contributed by atoms with Crippen molar-refractivity contribution in [1.82, 2.24) is 0 Å². The molecule has 0 saturated heterocycles. The molecule has 4 saturated carbocycles. The van der Waals surface area contributed by atoms with Crippen molar-refractivity contribution in [1.29, 1.82) is 5.26 Å². The second-order valence-electron chi connectivity index (χ2n) is 7.09. The number of nitrogen functional groups attached to an aromatic ring is 1. The van der Waals surface area contributed by atoms with E-state index in [0.717, 1.165) is 28.3 Å². The molecule has 0 radical (unpaired) electrons. The van der Waals surface area contributed by atoms with Gasteiger partial charge in [-0.2, -0.15) is 5.26 Å². The van der Waals surface area contributed by atoms with E-state index in [-0.39, 0.29) is 0 Å². The van der Waals surface area contributed by atoms with Crippen LogP contribution < -0.4 is 5.73 Å². The van der Waals surface area contributed by atoms with E-state index in [1.807, 2.05) is 0 Å². The number of hydrogen-bond donors (Lipinski definition) is 1. The standard InChI is InChI=1S/C16H20N2S/c1-9-14(15(18)13(8-17)19-9)16-5-10-2-11(6-16)4-12(3-10)7-16/h10-12H,2-7,18H2,1H3. The van der Waals surface area contributed by atoms with Crippen LogP contribution in [0.3, 0.4) is 0 Å². The topological polar surface area (TPSA) is 49.8 Å². The molecule has 0 spiro atoms. The summed E-state index contributed by atoms with van der Waals surface area (Å²) in [7, 11) is 0. The molecule has 2 N–H and O–H groups in total. The van der Waals surface area contributed by atoms with Crippen LogP contribution in [0.1, 0.15) is 53.8 Å². The second kappa shape index (κ2) is 3.76. The summed E-state index contributed by atoms with van der Waals surface area (Å²) in [4.78, 5) is 2.04. The average molecular weight is 272 g/mol. The predicted octanol–water partition coefficient (Wildman–Crippen LogP) is 3.98. The van der Waals surface area contributed by atoms with Crippen LogP contribution in [0.5, 0.6) is 0 Å². The van der Waals surface area contributed by atoms with Gasteiger partial charge in [0.2, 0.25) is 0 Å². The molecule has 1 aromatic rings. The molecule has 0 aliphatic heterocycles. The molecule has 4 fully saturated rings. The molecule has 4 aliphatic carbocycles. The van der Waals surface area contributed by atoms with Gasteiger partial charge in [0.15, 0.2) is 0 Å². The SMILES string of the molecule is Cc1sc(C#N)c(N)c1C12CC3CC(CC(C3)C1)C2. The fourth-order valence-electron chi connectivity index (χ4n) is 5.72. The third-order valence-corrected chi connectivity index (χ3v) is 6.82. The summed E-state index contributed by atoms with van der Waals surface area (Å²) in [6, 6.07) is 2.28. The first-order valence-electron chi connectivity index (χ1n) is 7.41. The number of aryl methyl sites for hydroxylation is 1. The van der Waals surface area contributed by atoms with Gasteiger partial charge in [-0.25, -0.2) is 0 Å². The molecule has 0 unspecified atom stereocenters. The Morgan fingerprint density at radius 3 is 2.11 bits per heavy atom. The van der Waals surface area contributed by atoms with E-state index in [4.69, 9.17) is 5.73 Å². The summed E-state index contributed by atoms with van der Waals surface area (Å²) in [6.45, 7) is 2.16. The Kier molecular flexibility index (Phi) is 2.33. The first kappa shape index (κ1) is 11.8. The first-order valence-corrected chi connectivity index (χ1v) is 8.22. The first-order chi connectivity index (χ1) is 9.11. The number of thiophene rings is 1. The molecular formula is C16H20N2S. The van der Waals surface area contributed by atoms with E-state index in [1.54, 1.807) is 11.3 Å². The van der Waals surface area contributed by atoms with Gasteiger partial charge in [-0.15, -0.1) is 11.3 Å². The molecule has 0 amide bonds. The van der Waals surface area contributed by atoms with Gasteiger partial charge in [0.05, 0.1) is 5.69 Å². The van der Waals surface area contributed by atoms with E-state index in [0.29, 0.717) is 5.41 Å². The Morgan fingerprint density at radius 2 is 1.68 bits per heavy atom. The number of rotatable bonds is 1. The summed E-state index contributed by atoms with van der Waals surface area (Å²) < 4.78 is 0. The monoisotopic (exact) mass is 272 g/mol. The minimum Gasteiger partial charge on any atom is -0.397 e. The summed E-state index contributed by atoms with van der Waals surface area (Å²) in [5.74, 6) is 2.78. The minimum atomic E-state index is 0.328. The van der Waals surface area contributed by atoms with E-state index >= 15 is 0 Å². The smallest absolute Gasteiger partial charge is 0.128 e. The van der Waals surface area contributed by atoms with Crippen molar-refractivity contribution in [2.45, 2.75) is 50.9 Å². The zero-order valence-electron chi connectivity index (χ0n) is 11.4. The molecule has 2 nitrogen and oxygen atoms in total. The minimum absolute atomic E-state index is 0.328. The van der Waals surface area contributed by atoms with Gasteiger partial charge in [0.25, 0.3) is 0 Å². The molecule has 0 atom stereocenters. The van der Waals surface area contributed by atoms with Crippen molar-refractivity contribution in [2.75, 3.05) is 5.73 Å². The zero-order chi connectivity index (χ0) is 13.2. The number of hydrogen-bond acceptors (Lipinski definition) is 3. The van der Waals surface area contributed by atoms with Gasteiger partial charge >= 0.3 is 0 Å². The van der Waals surface area contributed by atoms with Gasteiger partial charge in [-0.3, -0.25) is 0 Å². The largest absolute Gasteiger partial charge is 0.397 e. The van der Waals surface area contributed by atoms with Crippen LogP contribution in [-0.2, 0) is 5.41 Å². The van der Waals surface area contributed by atoms with Crippen LogP contribution in [0, 0.1) is 36.0 Å². The lowest BCUT2D eigenvalue weighted by atomic mass is 9.48. The average Bonchev–Trinajstić information content (AvgIpc) is 2.62. The Labute approximate surface area is 118 Å². The maximum atomic E-state index is 9.22. The Bertz CT molecular complexity index is 543. The summed E-state index contributed by atoms with van der Waals surface area (Å²) in [6.07, 6.45) is 8.33. The molecule has 100 valence electrons. The van der Waals surface area contributed by atoms with Gasteiger partial charge in [0, 0.05) is 4.88 Å². The van der Waals surface area contributed by atoms with E-state index in [2.05, 4.69) is 13.0 Å². The molecule has 3 heteroatoms. The highest BCUT2D eigenvalue weighted by atomic mass is 32.1. The fraction of sp³-hybridized carbons (Fsp3) is 0.688. The van der Waals surface area contributed by atoms with Crippen LogP contribution in [0.4, 0.5) is 5.69 Å². The van der Waals surface area contributed by atoms with Crippen LogP contribution in [-0.4, -0.2) is 0 Å². The molecule has 19 heavy (non-hydrogen) atoms. The Balaban J connectivity index is 1.84. The number of nitrogens with zero attached hydrogens (tertiary/aromatic N) is 1. The maximum absolute atomic E-state index is 9.22. The van der Waals surface area contributed by atoms with Crippen LogP contribution >= 0.6 is 11.3 Å². The summed E-state index contributed by atoms with van der Waals surface area (Å²) in [5.41, 5.74) is 8.83. The fourth-order valence-corrected chi connectivity index (χ4v) is 6.71. The molecule has 4 aliphatic rings. The van der Waals surface area contributed by atoms with Crippen LogP contribution in [0.15, 0.2) is 0 Å². The van der Waals surface area contributed by atoms with Gasteiger partial charge in [-0.1, -0.05) is 0 Å². The molecule has 0 aromatic carbocycles. The lowest BCUT2D eigenvalue weighted by Gasteiger charge is -2.57. The highest BCUT2D eigenvalue weighted by molar-refractivity contribution is 7.13.